The minimum absolute atomic E-state index is 0.220. The zero-order valence-corrected chi connectivity index (χ0v) is 10.8. The number of nitriles is 1. The molecule has 0 aliphatic heterocycles. The second-order valence-electron chi connectivity index (χ2n) is 3.90. The Morgan fingerprint density at radius 2 is 2.05 bits per heavy atom. The van der Waals surface area contributed by atoms with E-state index in [0.29, 0.717) is 16.0 Å². The molecular formula is C13H7N3O3S. The lowest BCUT2D eigenvalue weighted by Gasteiger charge is -1.98. The van der Waals surface area contributed by atoms with Gasteiger partial charge in [-0.25, -0.2) is 0 Å². The van der Waals surface area contributed by atoms with Gasteiger partial charge in [-0.1, -0.05) is 5.16 Å². The maximum atomic E-state index is 9.46. The molecule has 0 unspecified atom stereocenters. The smallest absolute Gasteiger partial charge is 0.269 e. The van der Waals surface area contributed by atoms with Crippen LogP contribution in [0.1, 0.15) is 5.56 Å². The topological polar surface area (TPSA) is 103 Å². The fourth-order valence-corrected chi connectivity index (χ4v) is 2.42. The van der Waals surface area contributed by atoms with Gasteiger partial charge in [0, 0.05) is 5.56 Å². The highest BCUT2D eigenvalue weighted by atomic mass is 32.1. The molecule has 3 aromatic rings. The summed E-state index contributed by atoms with van der Waals surface area (Å²) in [5.41, 5.74) is 0.976. The average molecular weight is 285 g/mol. The van der Waals surface area contributed by atoms with Crippen molar-refractivity contribution in [3.8, 4) is 39.7 Å². The lowest BCUT2D eigenvalue weighted by molar-refractivity contribution is 0.404. The average Bonchev–Trinajstić information content (AvgIpc) is 3.09. The molecule has 1 aromatic carbocycles. The molecule has 20 heavy (non-hydrogen) atoms. The number of hydrogen-bond acceptors (Lipinski definition) is 7. The summed E-state index contributed by atoms with van der Waals surface area (Å²) in [6.07, 6.45) is 0. The van der Waals surface area contributed by atoms with Gasteiger partial charge in [0.15, 0.2) is 11.5 Å². The van der Waals surface area contributed by atoms with E-state index in [0.717, 1.165) is 0 Å². The van der Waals surface area contributed by atoms with Crippen LogP contribution in [-0.4, -0.2) is 20.4 Å². The van der Waals surface area contributed by atoms with Crippen LogP contribution in [0.4, 0.5) is 0 Å². The molecule has 0 saturated heterocycles. The summed E-state index contributed by atoms with van der Waals surface area (Å²) >= 11 is 1.33. The molecule has 0 spiro atoms. The fraction of sp³-hybridized carbons (Fsp3) is 0. The normalized spacial score (nSPS) is 10.3. The van der Waals surface area contributed by atoms with Crippen LogP contribution in [0.15, 0.2) is 34.2 Å². The van der Waals surface area contributed by atoms with Crippen LogP contribution in [0.3, 0.4) is 0 Å². The third-order valence-electron chi connectivity index (χ3n) is 2.64. The first-order valence-corrected chi connectivity index (χ1v) is 6.41. The van der Waals surface area contributed by atoms with Crippen molar-refractivity contribution in [3.63, 3.8) is 0 Å². The minimum atomic E-state index is -0.261. The van der Waals surface area contributed by atoms with Gasteiger partial charge in [-0.2, -0.15) is 10.2 Å². The van der Waals surface area contributed by atoms with Gasteiger partial charge >= 0.3 is 0 Å². The van der Waals surface area contributed by atoms with Crippen LogP contribution in [0.5, 0.6) is 11.5 Å². The Balaban J connectivity index is 2.02. The van der Waals surface area contributed by atoms with Crippen LogP contribution in [0.25, 0.3) is 22.2 Å². The number of nitrogens with zero attached hydrogens (tertiary/aromatic N) is 3. The molecule has 0 atom stereocenters. The number of aromatic nitrogens is 2. The molecule has 0 aliphatic carbocycles. The molecule has 0 bridgehead atoms. The number of thiophene rings is 1. The monoisotopic (exact) mass is 285 g/mol. The van der Waals surface area contributed by atoms with Gasteiger partial charge in [0.1, 0.15) is 10.9 Å². The van der Waals surface area contributed by atoms with Crippen LogP contribution in [-0.2, 0) is 0 Å². The largest absolute Gasteiger partial charge is 0.504 e. The van der Waals surface area contributed by atoms with Crippen LogP contribution >= 0.6 is 11.3 Å². The van der Waals surface area contributed by atoms with E-state index >= 15 is 0 Å². The van der Waals surface area contributed by atoms with Gasteiger partial charge < -0.3 is 14.7 Å². The standard InChI is InChI=1S/C13H7N3O3S/c14-6-8-3-4-20-11(8)13-15-12(16-19-13)7-1-2-9(17)10(18)5-7/h1-5,17-18H. The lowest BCUT2D eigenvalue weighted by atomic mass is 10.2. The quantitative estimate of drug-likeness (QED) is 0.702. The van der Waals surface area contributed by atoms with Gasteiger partial charge in [0.05, 0.1) is 5.56 Å². The van der Waals surface area contributed by atoms with E-state index < -0.39 is 0 Å². The summed E-state index contributed by atoms with van der Waals surface area (Å²) < 4.78 is 5.13. The first-order valence-electron chi connectivity index (χ1n) is 5.53. The van der Waals surface area contributed by atoms with Crippen LogP contribution in [0.2, 0.25) is 0 Å². The van der Waals surface area contributed by atoms with Gasteiger partial charge in [0.25, 0.3) is 5.89 Å². The second kappa shape index (κ2) is 4.68. The predicted molar refractivity (Wildman–Crippen MR) is 71.1 cm³/mol. The Labute approximate surface area is 117 Å². The number of benzene rings is 1. The molecule has 2 aromatic heterocycles. The highest BCUT2D eigenvalue weighted by Gasteiger charge is 2.16. The predicted octanol–water partition coefficient (Wildman–Crippen LogP) is 2.75. The maximum absolute atomic E-state index is 9.46. The van der Waals surface area contributed by atoms with Crippen LogP contribution < -0.4 is 0 Å². The van der Waals surface area contributed by atoms with Crippen molar-refractivity contribution in [2.75, 3.05) is 0 Å². The summed E-state index contributed by atoms with van der Waals surface area (Å²) in [6, 6.07) is 7.96. The first-order chi connectivity index (χ1) is 9.69. The van der Waals surface area contributed by atoms with Gasteiger partial charge in [-0.15, -0.1) is 11.3 Å². The third kappa shape index (κ3) is 1.98. The summed E-state index contributed by atoms with van der Waals surface area (Å²) in [5, 5.41) is 33.3. The van der Waals surface area contributed by atoms with Crippen molar-refractivity contribution in [2.45, 2.75) is 0 Å². The van der Waals surface area contributed by atoms with E-state index in [1.807, 2.05) is 6.07 Å². The third-order valence-corrected chi connectivity index (χ3v) is 3.54. The first kappa shape index (κ1) is 12.2. The lowest BCUT2D eigenvalue weighted by Crippen LogP contribution is -1.81. The van der Waals surface area contributed by atoms with E-state index in [1.54, 1.807) is 17.5 Å². The highest BCUT2D eigenvalue weighted by molar-refractivity contribution is 7.13. The number of rotatable bonds is 2. The van der Waals surface area contributed by atoms with Crippen molar-refractivity contribution >= 4 is 11.3 Å². The van der Waals surface area contributed by atoms with Gasteiger partial charge in [-0.3, -0.25) is 0 Å². The Morgan fingerprint density at radius 3 is 2.80 bits per heavy atom. The molecule has 2 heterocycles. The second-order valence-corrected chi connectivity index (χ2v) is 4.82. The Morgan fingerprint density at radius 1 is 1.20 bits per heavy atom. The summed E-state index contributed by atoms with van der Waals surface area (Å²) in [4.78, 5) is 4.80. The van der Waals surface area contributed by atoms with Crippen molar-refractivity contribution < 1.29 is 14.7 Å². The van der Waals surface area contributed by atoms with E-state index in [-0.39, 0.29) is 23.2 Å². The van der Waals surface area contributed by atoms with Crippen molar-refractivity contribution in [3.05, 3.63) is 35.2 Å². The molecule has 2 N–H and O–H groups in total. The zero-order valence-electron chi connectivity index (χ0n) is 9.94. The number of hydrogen-bond donors (Lipinski definition) is 2. The molecule has 0 aliphatic rings. The van der Waals surface area contributed by atoms with Crippen molar-refractivity contribution in [1.82, 2.24) is 10.1 Å². The molecule has 0 saturated carbocycles. The molecule has 3 rings (SSSR count). The summed E-state index contributed by atoms with van der Waals surface area (Å²) in [5.74, 6) is 0.0388. The molecule has 7 heteroatoms. The Hall–Kier alpha value is -2.85. The molecule has 6 nitrogen and oxygen atoms in total. The van der Waals surface area contributed by atoms with E-state index in [4.69, 9.17) is 9.78 Å². The highest BCUT2D eigenvalue weighted by Crippen LogP contribution is 2.32. The molecule has 0 radical (unpaired) electrons. The fourth-order valence-electron chi connectivity index (χ4n) is 1.66. The number of phenols is 2. The molecular weight excluding hydrogens is 278 g/mol. The summed E-state index contributed by atoms with van der Waals surface area (Å²) in [7, 11) is 0. The Kier molecular flexibility index (Phi) is 2.85. The zero-order chi connectivity index (χ0) is 14.1. The van der Waals surface area contributed by atoms with Crippen molar-refractivity contribution in [1.29, 1.82) is 5.26 Å². The van der Waals surface area contributed by atoms with Crippen molar-refractivity contribution in [2.24, 2.45) is 0 Å². The minimum Gasteiger partial charge on any atom is -0.504 e. The summed E-state index contributed by atoms with van der Waals surface area (Å²) in [6.45, 7) is 0. The molecule has 98 valence electrons. The number of phenolic OH excluding ortho intramolecular Hbond substituents is 2. The molecule has 0 fully saturated rings. The van der Waals surface area contributed by atoms with E-state index in [9.17, 15) is 10.2 Å². The Bertz CT molecular complexity index is 816. The van der Waals surface area contributed by atoms with E-state index in [1.165, 1.54) is 23.5 Å². The van der Waals surface area contributed by atoms with Gasteiger partial charge in [0.2, 0.25) is 5.82 Å². The molecule has 0 amide bonds. The van der Waals surface area contributed by atoms with Gasteiger partial charge in [-0.05, 0) is 29.6 Å². The maximum Gasteiger partial charge on any atom is 0.269 e. The number of aromatic hydroxyl groups is 2. The van der Waals surface area contributed by atoms with Crippen LogP contribution in [0, 0.1) is 11.3 Å². The SMILES string of the molecule is N#Cc1ccsc1-c1nc(-c2ccc(O)c(O)c2)no1. The van der Waals surface area contributed by atoms with E-state index in [2.05, 4.69) is 10.1 Å².